The van der Waals surface area contributed by atoms with Crippen LogP contribution in [0.3, 0.4) is 0 Å². The number of nitrogens with zero attached hydrogens (tertiary/aromatic N) is 1. The molecule has 1 aromatic rings. The number of alkyl carbamates (subject to hydrolysis) is 1. The normalized spacial score (nSPS) is 20.2. The molecule has 1 aliphatic heterocycles. The zero-order valence-corrected chi connectivity index (χ0v) is 14.8. The average molecular weight is 352 g/mol. The van der Waals surface area contributed by atoms with Gasteiger partial charge in [-0.3, -0.25) is 4.39 Å². The molecule has 0 aliphatic carbocycles. The lowest BCUT2D eigenvalue weighted by molar-refractivity contribution is 0.0491. The summed E-state index contributed by atoms with van der Waals surface area (Å²) in [5.74, 6) is -0.475. The Morgan fingerprint density at radius 3 is 2.52 bits per heavy atom. The average Bonchev–Trinajstić information content (AvgIpc) is 2.94. The summed E-state index contributed by atoms with van der Waals surface area (Å²) in [6.07, 6.45) is -1.13. The number of nitrogens with one attached hydrogen (secondary N) is 1. The number of hydrogen-bond donors (Lipinski definition) is 1. The molecule has 0 spiro atoms. The van der Waals surface area contributed by atoms with Gasteiger partial charge in [0.2, 0.25) is 0 Å². The second kappa shape index (κ2) is 8.18. The highest BCUT2D eigenvalue weighted by atomic mass is 19.1. The van der Waals surface area contributed by atoms with E-state index in [0.29, 0.717) is 0 Å². The van der Waals surface area contributed by atoms with E-state index in [1.165, 1.54) is 4.90 Å². The topological polar surface area (TPSA) is 67.9 Å². The van der Waals surface area contributed by atoms with Gasteiger partial charge in [-0.1, -0.05) is 30.3 Å². The molecule has 0 aromatic heterocycles. The van der Waals surface area contributed by atoms with E-state index in [-0.39, 0.29) is 19.7 Å². The third-order valence-electron chi connectivity index (χ3n) is 3.80. The first-order chi connectivity index (χ1) is 11.8. The van der Waals surface area contributed by atoms with Crippen LogP contribution in [0.25, 0.3) is 0 Å². The Morgan fingerprint density at radius 2 is 1.92 bits per heavy atom. The predicted molar refractivity (Wildman–Crippen MR) is 90.8 cm³/mol. The van der Waals surface area contributed by atoms with Crippen molar-refractivity contribution in [2.45, 2.75) is 39.0 Å². The van der Waals surface area contributed by atoms with Crippen LogP contribution in [0.5, 0.6) is 0 Å². The molecule has 2 atom stereocenters. The Hall–Kier alpha value is -2.31. The van der Waals surface area contributed by atoms with E-state index in [1.54, 1.807) is 20.8 Å². The lowest BCUT2D eigenvalue weighted by atomic mass is 10.1. The van der Waals surface area contributed by atoms with Crippen molar-refractivity contribution < 1.29 is 23.5 Å². The van der Waals surface area contributed by atoms with Crippen LogP contribution >= 0.6 is 0 Å². The summed E-state index contributed by atoms with van der Waals surface area (Å²) >= 11 is 0. The number of likely N-dealkylation sites (tertiary alicyclic amines) is 1. The first-order valence-corrected chi connectivity index (χ1v) is 8.29. The van der Waals surface area contributed by atoms with Crippen LogP contribution in [-0.2, 0) is 16.1 Å². The zero-order chi connectivity index (χ0) is 18.4. The van der Waals surface area contributed by atoms with E-state index in [4.69, 9.17) is 9.47 Å². The summed E-state index contributed by atoms with van der Waals surface area (Å²) < 4.78 is 23.7. The maximum Gasteiger partial charge on any atom is 0.410 e. The molecule has 0 unspecified atom stereocenters. The third kappa shape index (κ3) is 5.92. The molecule has 6 nitrogen and oxygen atoms in total. The van der Waals surface area contributed by atoms with Crippen molar-refractivity contribution in [2.75, 3.05) is 19.8 Å². The first kappa shape index (κ1) is 19.0. The summed E-state index contributed by atoms with van der Waals surface area (Å²) in [5, 5.41) is 2.64. The largest absolute Gasteiger partial charge is 0.445 e. The van der Waals surface area contributed by atoms with Gasteiger partial charge in [0.15, 0.2) is 0 Å². The van der Waals surface area contributed by atoms with Gasteiger partial charge >= 0.3 is 12.2 Å². The fourth-order valence-electron chi connectivity index (χ4n) is 2.61. The molecule has 2 rings (SSSR count). The molecule has 7 heteroatoms. The predicted octanol–water partition coefficient (Wildman–Crippen LogP) is 3.12. The number of carbonyl (C=O) groups is 2. The molecular weight excluding hydrogens is 327 g/mol. The molecule has 0 bridgehead atoms. The maximum atomic E-state index is 13.3. The molecule has 138 valence electrons. The van der Waals surface area contributed by atoms with Gasteiger partial charge < -0.3 is 19.7 Å². The molecule has 1 fully saturated rings. The second-order valence-corrected chi connectivity index (χ2v) is 7.11. The quantitative estimate of drug-likeness (QED) is 0.904. The molecule has 0 radical (unpaired) electrons. The van der Waals surface area contributed by atoms with Crippen LogP contribution in [0.4, 0.5) is 14.0 Å². The monoisotopic (exact) mass is 352 g/mol. The summed E-state index contributed by atoms with van der Waals surface area (Å²) in [5.41, 5.74) is 0.239. The van der Waals surface area contributed by atoms with Gasteiger partial charge in [-0.2, -0.15) is 0 Å². The van der Waals surface area contributed by atoms with E-state index in [2.05, 4.69) is 5.32 Å². The molecule has 0 saturated carbocycles. The van der Waals surface area contributed by atoms with Gasteiger partial charge in [-0.25, -0.2) is 9.59 Å². The highest BCUT2D eigenvalue weighted by Crippen LogP contribution is 2.20. The fraction of sp³-hybridized carbons (Fsp3) is 0.556. The minimum Gasteiger partial charge on any atom is -0.445 e. The van der Waals surface area contributed by atoms with Crippen molar-refractivity contribution in [2.24, 2.45) is 5.92 Å². The zero-order valence-electron chi connectivity index (χ0n) is 14.8. The minimum absolute atomic E-state index is 0.153. The Morgan fingerprint density at radius 1 is 1.24 bits per heavy atom. The van der Waals surface area contributed by atoms with Crippen molar-refractivity contribution >= 4 is 12.2 Å². The highest BCUT2D eigenvalue weighted by molar-refractivity contribution is 5.70. The molecular formula is C18H25FN2O4. The molecule has 1 heterocycles. The van der Waals surface area contributed by atoms with Gasteiger partial charge in [-0.15, -0.1) is 0 Å². The van der Waals surface area contributed by atoms with Gasteiger partial charge in [0, 0.05) is 19.0 Å². The van der Waals surface area contributed by atoms with Crippen molar-refractivity contribution in [3.63, 3.8) is 0 Å². The lowest BCUT2D eigenvalue weighted by Gasteiger charge is -2.23. The molecule has 25 heavy (non-hydrogen) atoms. The third-order valence-corrected chi connectivity index (χ3v) is 3.80. The van der Waals surface area contributed by atoms with Crippen LogP contribution in [0.1, 0.15) is 26.3 Å². The number of benzene rings is 1. The number of alkyl halides is 1. The number of amides is 2. The van der Waals surface area contributed by atoms with E-state index in [0.717, 1.165) is 5.56 Å². The van der Waals surface area contributed by atoms with Crippen LogP contribution in [0, 0.1) is 5.92 Å². The van der Waals surface area contributed by atoms with E-state index in [9.17, 15) is 14.0 Å². The summed E-state index contributed by atoms with van der Waals surface area (Å²) in [4.78, 5) is 25.5. The number of rotatable bonds is 4. The Kier molecular flexibility index (Phi) is 6.22. The van der Waals surface area contributed by atoms with E-state index < -0.39 is 36.4 Å². The van der Waals surface area contributed by atoms with Gasteiger partial charge in [-0.05, 0) is 26.3 Å². The molecule has 2 amide bonds. The van der Waals surface area contributed by atoms with Crippen LogP contribution in [-0.4, -0.2) is 48.5 Å². The van der Waals surface area contributed by atoms with Gasteiger partial charge in [0.1, 0.15) is 12.2 Å². The van der Waals surface area contributed by atoms with Crippen molar-refractivity contribution in [3.05, 3.63) is 35.9 Å². The van der Waals surface area contributed by atoms with E-state index in [1.807, 2.05) is 30.3 Å². The Balaban J connectivity index is 1.87. The standard InChI is InChI=1S/C18H25FN2O4/c1-18(2,3)25-16(22)20-15-11-21(10-14(15)9-19)17(23)24-12-13-7-5-4-6-8-13/h4-8,14-15H,9-12H2,1-3H3,(H,20,22)/t14-,15+/m0/s1. The molecule has 1 aliphatic rings. The fourth-order valence-corrected chi connectivity index (χ4v) is 2.61. The summed E-state index contributed by atoms with van der Waals surface area (Å²) in [6, 6.07) is 8.81. The van der Waals surface area contributed by atoms with Gasteiger partial charge in [0.05, 0.1) is 12.7 Å². The van der Waals surface area contributed by atoms with Crippen molar-refractivity contribution in [3.8, 4) is 0 Å². The molecule has 1 aromatic carbocycles. The van der Waals surface area contributed by atoms with Crippen molar-refractivity contribution in [1.82, 2.24) is 10.2 Å². The number of carbonyl (C=O) groups excluding carboxylic acids is 2. The number of halogens is 1. The van der Waals surface area contributed by atoms with Gasteiger partial charge in [0.25, 0.3) is 0 Å². The minimum atomic E-state index is -0.637. The smallest absolute Gasteiger partial charge is 0.410 e. The Bertz CT molecular complexity index is 588. The van der Waals surface area contributed by atoms with Crippen LogP contribution in [0.2, 0.25) is 0 Å². The van der Waals surface area contributed by atoms with E-state index >= 15 is 0 Å². The summed E-state index contributed by atoms with van der Waals surface area (Å²) in [7, 11) is 0. The summed E-state index contributed by atoms with van der Waals surface area (Å²) in [6.45, 7) is 5.17. The first-order valence-electron chi connectivity index (χ1n) is 8.29. The number of hydrogen-bond acceptors (Lipinski definition) is 4. The molecule has 1 saturated heterocycles. The van der Waals surface area contributed by atoms with Crippen LogP contribution < -0.4 is 5.32 Å². The second-order valence-electron chi connectivity index (χ2n) is 7.11. The van der Waals surface area contributed by atoms with Crippen LogP contribution in [0.15, 0.2) is 30.3 Å². The molecule has 1 N–H and O–H groups in total. The lowest BCUT2D eigenvalue weighted by Crippen LogP contribution is -2.44. The Labute approximate surface area is 147 Å². The maximum absolute atomic E-state index is 13.3. The SMILES string of the molecule is CC(C)(C)OC(=O)N[C@@H]1CN(C(=O)OCc2ccccc2)C[C@@H]1CF. The number of ether oxygens (including phenoxy) is 2. The highest BCUT2D eigenvalue weighted by Gasteiger charge is 2.37. The van der Waals surface area contributed by atoms with Crippen molar-refractivity contribution in [1.29, 1.82) is 0 Å².